The van der Waals surface area contributed by atoms with Crippen LogP contribution in [0.15, 0.2) is 60.2 Å². The van der Waals surface area contributed by atoms with Crippen molar-refractivity contribution >= 4 is 40.7 Å². The Hall–Kier alpha value is -3.77. The fraction of sp³-hybridized carbons (Fsp3) is 0. The van der Waals surface area contributed by atoms with Crippen LogP contribution in [0, 0.1) is 21.4 Å². The zero-order chi connectivity index (χ0) is 18.9. The van der Waals surface area contributed by atoms with E-state index in [1.807, 2.05) is 18.2 Å². The highest BCUT2D eigenvalue weighted by atomic mass is 32.1. The van der Waals surface area contributed by atoms with Crippen LogP contribution in [0.2, 0.25) is 0 Å². The van der Waals surface area contributed by atoms with Crippen molar-refractivity contribution in [1.82, 2.24) is 10.9 Å². The van der Waals surface area contributed by atoms with E-state index in [-0.39, 0.29) is 16.4 Å². The zero-order valence-corrected chi connectivity index (χ0v) is 14.1. The van der Waals surface area contributed by atoms with Gasteiger partial charge in [0, 0.05) is 17.8 Å². The number of non-ortho nitro benzene ring substituents is 1. The van der Waals surface area contributed by atoms with Gasteiger partial charge in [0.15, 0.2) is 5.11 Å². The number of nitriles is 1. The third kappa shape index (κ3) is 5.40. The average molecular weight is 367 g/mol. The van der Waals surface area contributed by atoms with Gasteiger partial charge in [0.1, 0.15) is 11.6 Å². The Labute approximate surface area is 154 Å². The summed E-state index contributed by atoms with van der Waals surface area (Å²) >= 11 is 5.04. The lowest BCUT2D eigenvalue weighted by atomic mass is 10.1. The number of hydrogen-bond acceptors (Lipinski definition) is 5. The molecule has 0 aliphatic heterocycles. The second kappa shape index (κ2) is 8.91. The van der Waals surface area contributed by atoms with Crippen molar-refractivity contribution in [3.8, 4) is 6.07 Å². The van der Waals surface area contributed by atoms with Crippen molar-refractivity contribution in [2.75, 3.05) is 5.32 Å². The van der Waals surface area contributed by atoms with Crippen LogP contribution in [-0.4, -0.2) is 15.9 Å². The van der Waals surface area contributed by atoms with Crippen molar-refractivity contribution in [1.29, 1.82) is 5.26 Å². The van der Waals surface area contributed by atoms with E-state index in [0.717, 1.165) is 5.69 Å². The quantitative estimate of drug-likeness (QED) is 0.250. The van der Waals surface area contributed by atoms with Gasteiger partial charge in [-0.05, 0) is 36.0 Å². The van der Waals surface area contributed by atoms with Gasteiger partial charge in [0.05, 0.1) is 4.92 Å². The largest absolute Gasteiger partial charge is 0.331 e. The van der Waals surface area contributed by atoms with E-state index in [1.165, 1.54) is 24.3 Å². The van der Waals surface area contributed by atoms with Crippen molar-refractivity contribution in [3.63, 3.8) is 0 Å². The number of rotatable bonds is 4. The highest BCUT2D eigenvalue weighted by molar-refractivity contribution is 7.80. The standard InChI is InChI=1S/C17H13N5O3S/c18-11-13(9-12-5-4-8-15(10-12)22(24)25)16(23)20-21-17(26)19-14-6-2-1-3-7-14/h1-10H,(H,20,23)(H2,19,21,26)/b13-9+. The molecular formula is C17H13N5O3S. The van der Waals surface area contributed by atoms with Gasteiger partial charge < -0.3 is 5.32 Å². The number of amides is 1. The number of nitrogens with zero attached hydrogens (tertiary/aromatic N) is 2. The molecule has 2 aromatic rings. The number of anilines is 1. The summed E-state index contributed by atoms with van der Waals surface area (Å²) in [7, 11) is 0. The summed E-state index contributed by atoms with van der Waals surface area (Å²) in [4.78, 5) is 22.3. The maximum atomic E-state index is 12.1. The Balaban J connectivity index is 2.00. The van der Waals surface area contributed by atoms with Gasteiger partial charge in [0.25, 0.3) is 11.6 Å². The normalized spacial score (nSPS) is 10.3. The number of benzene rings is 2. The highest BCUT2D eigenvalue weighted by Gasteiger charge is 2.11. The average Bonchev–Trinajstić information content (AvgIpc) is 2.65. The minimum Gasteiger partial charge on any atom is -0.331 e. The number of thiocarbonyl (C=S) groups is 1. The lowest BCUT2D eigenvalue weighted by Gasteiger charge is -2.11. The van der Waals surface area contributed by atoms with Crippen LogP contribution in [0.3, 0.4) is 0 Å². The van der Waals surface area contributed by atoms with Gasteiger partial charge in [-0.2, -0.15) is 5.26 Å². The van der Waals surface area contributed by atoms with Crippen LogP contribution in [0.25, 0.3) is 6.08 Å². The molecule has 2 aromatic carbocycles. The first-order valence-electron chi connectivity index (χ1n) is 7.28. The topological polar surface area (TPSA) is 120 Å². The number of hydrogen-bond donors (Lipinski definition) is 3. The molecule has 0 radical (unpaired) electrons. The van der Waals surface area contributed by atoms with Crippen molar-refractivity contribution in [2.45, 2.75) is 0 Å². The third-order valence-electron chi connectivity index (χ3n) is 3.08. The molecule has 0 heterocycles. The van der Waals surface area contributed by atoms with Crippen LogP contribution < -0.4 is 16.2 Å². The van der Waals surface area contributed by atoms with E-state index in [1.54, 1.807) is 24.3 Å². The Morgan fingerprint density at radius 2 is 1.88 bits per heavy atom. The number of nitro groups is 1. The predicted octanol–water partition coefficient (Wildman–Crippen LogP) is 2.52. The van der Waals surface area contributed by atoms with Crippen LogP contribution in [-0.2, 0) is 4.79 Å². The fourth-order valence-electron chi connectivity index (χ4n) is 1.91. The second-order valence-corrected chi connectivity index (χ2v) is 5.33. The molecule has 0 aliphatic rings. The first kappa shape index (κ1) is 18.6. The molecular weight excluding hydrogens is 354 g/mol. The minimum atomic E-state index is -0.726. The molecule has 0 atom stereocenters. The molecule has 1 amide bonds. The van der Waals surface area contributed by atoms with E-state index in [9.17, 15) is 14.9 Å². The number of carbonyl (C=O) groups excluding carboxylic acids is 1. The molecule has 2 rings (SSSR count). The molecule has 8 nitrogen and oxygen atoms in total. The summed E-state index contributed by atoms with van der Waals surface area (Å²) in [6, 6.07) is 16.4. The molecule has 130 valence electrons. The summed E-state index contributed by atoms with van der Waals surface area (Å²) in [5, 5.41) is 22.9. The Kier molecular flexibility index (Phi) is 6.36. The van der Waals surface area contributed by atoms with Gasteiger partial charge in [-0.3, -0.25) is 25.8 Å². The number of nitro benzene ring substituents is 1. The fourth-order valence-corrected chi connectivity index (χ4v) is 2.08. The predicted molar refractivity (Wildman–Crippen MR) is 101 cm³/mol. The summed E-state index contributed by atoms with van der Waals surface area (Å²) in [6.07, 6.45) is 1.25. The van der Waals surface area contributed by atoms with E-state index >= 15 is 0 Å². The minimum absolute atomic E-state index is 0.136. The lowest BCUT2D eigenvalue weighted by Crippen LogP contribution is -2.44. The maximum absolute atomic E-state index is 12.1. The van der Waals surface area contributed by atoms with Gasteiger partial charge in [0.2, 0.25) is 0 Å². The Bertz CT molecular complexity index is 906. The lowest BCUT2D eigenvalue weighted by molar-refractivity contribution is -0.384. The first-order valence-corrected chi connectivity index (χ1v) is 7.69. The smallest absolute Gasteiger partial charge is 0.280 e. The second-order valence-electron chi connectivity index (χ2n) is 4.92. The molecule has 0 unspecified atom stereocenters. The van der Waals surface area contributed by atoms with Crippen LogP contribution in [0.1, 0.15) is 5.56 Å². The number of nitrogens with one attached hydrogen (secondary N) is 3. The number of para-hydroxylation sites is 1. The van der Waals surface area contributed by atoms with Gasteiger partial charge in [-0.1, -0.05) is 30.3 Å². The zero-order valence-electron chi connectivity index (χ0n) is 13.3. The summed E-state index contributed by atoms with van der Waals surface area (Å²) in [5.74, 6) is -0.726. The molecule has 9 heteroatoms. The van der Waals surface area contributed by atoms with Crippen molar-refractivity contribution in [2.24, 2.45) is 0 Å². The first-order chi connectivity index (χ1) is 12.5. The SMILES string of the molecule is N#C/C(=C\c1cccc([N+](=O)[O-])c1)C(=O)NNC(=S)Nc1ccccc1. The number of hydrazine groups is 1. The molecule has 3 N–H and O–H groups in total. The summed E-state index contributed by atoms with van der Waals surface area (Å²) < 4.78 is 0. The molecule has 0 saturated heterocycles. The maximum Gasteiger partial charge on any atom is 0.280 e. The van der Waals surface area contributed by atoms with E-state index < -0.39 is 10.8 Å². The van der Waals surface area contributed by atoms with Gasteiger partial charge in [-0.25, -0.2) is 0 Å². The summed E-state index contributed by atoms with van der Waals surface area (Å²) in [6.45, 7) is 0. The highest BCUT2D eigenvalue weighted by Crippen LogP contribution is 2.15. The van der Waals surface area contributed by atoms with Crippen LogP contribution >= 0.6 is 12.2 Å². The molecule has 0 bridgehead atoms. The Morgan fingerprint density at radius 1 is 1.15 bits per heavy atom. The van der Waals surface area contributed by atoms with Crippen molar-refractivity contribution in [3.05, 3.63) is 75.8 Å². The van der Waals surface area contributed by atoms with E-state index in [0.29, 0.717) is 5.56 Å². The van der Waals surface area contributed by atoms with E-state index in [2.05, 4.69) is 16.2 Å². The molecule has 0 fully saturated rings. The Morgan fingerprint density at radius 3 is 2.54 bits per heavy atom. The van der Waals surface area contributed by atoms with Crippen molar-refractivity contribution < 1.29 is 9.72 Å². The van der Waals surface area contributed by atoms with Crippen LogP contribution in [0.4, 0.5) is 11.4 Å². The summed E-state index contributed by atoms with van der Waals surface area (Å²) in [5.41, 5.74) is 5.49. The molecule has 0 aromatic heterocycles. The monoisotopic (exact) mass is 367 g/mol. The van der Waals surface area contributed by atoms with Gasteiger partial charge >= 0.3 is 0 Å². The third-order valence-corrected chi connectivity index (χ3v) is 3.28. The molecule has 0 aliphatic carbocycles. The van der Waals surface area contributed by atoms with Crippen LogP contribution in [0.5, 0.6) is 0 Å². The van der Waals surface area contributed by atoms with Gasteiger partial charge in [-0.15, -0.1) is 0 Å². The molecule has 0 spiro atoms. The molecule has 0 saturated carbocycles. The number of carbonyl (C=O) groups is 1. The van der Waals surface area contributed by atoms with E-state index in [4.69, 9.17) is 17.5 Å². The molecule has 26 heavy (non-hydrogen) atoms.